The fraction of sp³-hybridized carbons (Fsp3) is 0.333. The molecule has 5 heteroatoms. The summed E-state index contributed by atoms with van der Waals surface area (Å²) in [7, 11) is 1.26. The molecule has 45 valence electrons. The Balaban J connectivity index is 3.16. The third-order valence-corrected chi connectivity index (χ3v) is 0.297. The maximum Gasteiger partial charge on any atom is 0.556 e. The van der Waals surface area contributed by atoms with E-state index in [0.717, 1.165) is 0 Å². The van der Waals surface area contributed by atoms with Crippen LogP contribution in [0.5, 0.6) is 0 Å². The number of carbonyl (C=O) groups is 1. The Labute approximate surface area is 45.5 Å². The summed E-state index contributed by atoms with van der Waals surface area (Å²) in [6.07, 6.45) is -1.04. The largest absolute Gasteiger partial charge is 0.556 e. The molecule has 0 saturated carbocycles. The minimum absolute atomic E-state index is 0.620. The summed E-state index contributed by atoms with van der Waals surface area (Å²) < 4.78 is 3.67. The van der Waals surface area contributed by atoms with Crippen molar-refractivity contribution in [1.29, 1.82) is 0 Å². The van der Waals surface area contributed by atoms with Crippen molar-refractivity contribution in [2.45, 2.75) is 0 Å². The first-order valence-electron chi connectivity index (χ1n) is 1.70. The number of rotatable bonds is 2. The summed E-state index contributed by atoms with van der Waals surface area (Å²) in [5.74, 6) is 0. The maximum absolute atomic E-state index is 9.39. The van der Waals surface area contributed by atoms with Crippen molar-refractivity contribution in [2.24, 2.45) is 5.16 Å². The summed E-state index contributed by atoms with van der Waals surface area (Å²) in [5, 5.41) is 12.3. The van der Waals surface area contributed by atoms with E-state index in [-0.39, 0.29) is 0 Å². The van der Waals surface area contributed by atoms with Crippen LogP contribution in [0.3, 0.4) is 0 Å². The zero-order chi connectivity index (χ0) is 6.41. The molecule has 0 N–H and O–H groups in total. The first-order valence-corrected chi connectivity index (χ1v) is 1.70. The predicted molar refractivity (Wildman–Crippen MR) is 22.7 cm³/mol. The second-order valence-corrected chi connectivity index (χ2v) is 0.761. The molecule has 0 saturated heterocycles. The molecule has 0 amide bonds. The summed E-state index contributed by atoms with van der Waals surface area (Å²) in [6.45, 7) is 0. The average molecular weight is 118 g/mol. The first kappa shape index (κ1) is 6.74. The highest BCUT2D eigenvalue weighted by Gasteiger charge is 1.92. The second kappa shape index (κ2) is 3.91. The molecule has 0 aromatic carbocycles. The van der Waals surface area contributed by atoms with E-state index in [0.29, 0.717) is 6.40 Å². The molecule has 0 atom stereocenters. The van der Waals surface area contributed by atoms with Gasteiger partial charge in [0.25, 0.3) is 0 Å². The van der Waals surface area contributed by atoms with Crippen LogP contribution >= 0.6 is 0 Å². The van der Waals surface area contributed by atoms with E-state index in [1.807, 2.05) is 0 Å². The highest BCUT2D eigenvalue weighted by Crippen LogP contribution is 1.70. The quantitative estimate of drug-likeness (QED) is 0.224. The molecule has 0 aliphatic rings. The van der Waals surface area contributed by atoms with Gasteiger partial charge in [0.15, 0.2) is 0 Å². The molecule has 8 heavy (non-hydrogen) atoms. The van der Waals surface area contributed by atoms with Crippen LogP contribution in [0.2, 0.25) is 0 Å². The molecular formula is C3H4NO4. The van der Waals surface area contributed by atoms with Gasteiger partial charge in [-0.15, -0.1) is 0 Å². The van der Waals surface area contributed by atoms with Gasteiger partial charge in [0.05, 0.1) is 0 Å². The highest BCUT2D eigenvalue weighted by molar-refractivity contribution is 5.68. The lowest BCUT2D eigenvalue weighted by Gasteiger charge is -1.82. The number of hydrogen-bond donors (Lipinski definition) is 0. The molecule has 0 unspecified atom stereocenters. The minimum Gasteiger partial charge on any atom is -0.397 e. The van der Waals surface area contributed by atoms with E-state index >= 15 is 0 Å². The number of nitrogens with zero attached hydrogens (tertiary/aromatic N) is 1. The van der Waals surface area contributed by atoms with Crippen LogP contribution in [0.25, 0.3) is 0 Å². The van der Waals surface area contributed by atoms with Gasteiger partial charge in [-0.1, -0.05) is 5.16 Å². The van der Waals surface area contributed by atoms with Gasteiger partial charge in [-0.3, -0.25) is 0 Å². The third-order valence-electron chi connectivity index (χ3n) is 0.297. The van der Waals surface area contributed by atoms with Gasteiger partial charge in [0.2, 0.25) is 6.40 Å². The molecule has 0 rings (SSSR count). The van der Waals surface area contributed by atoms with E-state index < -0.39 is 6.16 Å². The Morgan fingerprint density at radius 1 is 1.75 bits per heavy atom. The van der Waals surface area contributed by atoms with Gasteiger partial charge in [-0.25, -0.2) is 0 Å². The lowest BCUT2D eigenvalue weighted by atomic mass is 11.3. The van der Waals surface area contributed by atoms with Crippen LogP contribution < -0.4 is 0 Å². The smallest absolute Gasteiger partial charge is 0.397 e. The van der Waals surface area contributed by atoms with E-state index in [9.17, 15) is 9.90 Å². The zero-order valence-electron chi connectivity index (χ0n) is 4.16. The lowest BCUT2D eigenvalue weighted by molar-refractivity contribution is 0.112. The summed E-state index contributed by atoms with van der Waals surface area (Å²) in [5.41, 5.74) is 0. The summed E-state index contributed by atoms with van der Waals surface area (Å²) >= 11 is 0. The Hall–Kier alpha value is -1.26. The fourth-order valence-corrected chi connectivity index (χ4v) is 0.108. The molecule has 0 aromatic heterocycles. The van der Waals surface area contributed by atoms with E-state index in [2.05, 4.69) is 14.7 Å². The van der Waals surface area contributed by atoms with Crippen molar-refractivity contribution in [2.75, 3.05) is 7.11 Å². The highest BCUT2D eigenvalue weighted by atomic mass is 16.7. The Kier molecular flexibility index (Phi) is 3.30. The number of hydrogen-bond acceptors (Lipinski definition) is 4. The Morgan fingerprint density at radius 3 is 2.75 bits per heavy atom. The third kappa shape index (κ3) is 4.74. The lowest BCUT2D eigenvalue weighted by Crippen LogP contribution is -1.94. The Bertz CT molecular complexity index is 99.5. The molecule has 0 aromatic rings. The van der Waals surface area contributed by atoms with Gasteiger partial charge in [0.1, 0.15) is 7.11 Å². The molecule has 5 nitrogen and oxygen atoms in total. The molecule has 0 spiro atoms. The molecular weight excluding hydrogens is 114 g/mol. The number of ether oxygens (including phenoxy) is 1. The predicted octanol–water partition coefficient (Wildman–Crippen LogP) is 0.143. The van der Waals surface area contributed by atoms with Crippen molar-refractivity contribution in [3.05, 3.63) is 0 Å². The second-order valence-electron chi connectivity index (χ2n) is 0.761. The number of carbonyl (C=O) groups excluding carboxylic acids is 1. The van der Waals surface area contributed by atoms with Crippen LogP contribution in [0.4, 0.5) is 4.79 Å². The topological polar surface area (TPSA) is 67.8 Å². The summed E-state index contributed by atoms with van der Waals surface area (Å²) in [6, 6.07) is 0. The number of oxime groups is 1. The first-order chi connectivity index (χ1) is 3.77. The van der Waals surface area contributed by atoms with Gasteiger partial charge in [0, 0.05) is 0 Å². The van der Waals surface area contributed by atoms with Gasteiger partial charge in [-0.05, 0) is 0 Å². The zero-order valence-corrected chi connectivity index (χ0v) is 4.16. The van der Waals surface area contributed by atoms with Crippen LogP contribution in [0.15, 0.2) is 5.16 Å². The molecule has 1 radical (unpaired) electrons. The van der Waals surface area contributed by atoms with Crippen LogP contribution in [-0.2, 0) is 14.7 Å². The Morgan fingerprint density at radius 2 is 2.38 bits per heavy atom. The van der Waals surface area contributed by atoms with Crippen molar-refractivity contribution >= 4 is 12.6 Å². The summed E-state index contributed by atoms with van der Waals surface area (Å²) in [4.78, 5) is 13.4. The SMILES string of the molecule is CO/N=C/OC([O])=O. The molecule has 0 aliphatic carbocycles. The van der Waals surface area contributed by atoms with Gasteiger partial charge >= 0.3 is 6.16 Å². The fourth-order valence-electron chi connectivity index (χ4n) is 0.108. The standard InChI is InChI=1S/C3H4NO4/c1-7-4-2-8-3(5)6/h2H,1H3/b4-2+. The minimum atomic E-state index is -1.66. The van der Waals surface area contributed by atoms with Crippen molar-refractivity contribution in [3.63, 3.8) is 0 Å². The van der Waals surface area contributed by atoms with Crippen molar-refractivity contribution in [1.82, 2.24) is 0 Å². The molecule has 0 bridgehead atoms. The normalized spacial score (nSPS) is 9.12. The molecule has 0 fully saturated rings. The maximum atomic E-state index is 9.39. The van der Waals surface area contributed by atoms with Crippen molar-refractivity contribution < 1.29 is 19.5 Å². The van der Waals surface area contributed by atoms with Gasteiger partial charge < -0.3 is 9.57 Å². The average Bonchev–Trinajstić information content (AvgIpc) is 1.66. The van der Waals surface area contributed by atoms with Crippen LogP contribution in [0, 0.1) is 0 Å². The van der Waals surface area contributed by atoms with E-state index in [4.69, 9.17) is 0 Å². The van der Waals surface area contributed by atoms with Crippen LogP contribution in [-0.4, -0.2) is 19.7 Å². The van der Waals surface area contributed by atoms with E-state index in [1.54, 1.807) is 0 Å². The van der Waals surface area contributed by atoms with Crippen LogP contribution in [0.1, 0.15) is 0 Å². The molecule has 0 aliphatic heterocycles. The monoisotopic (exact) mass is 118 g/mol. The molecule has 0 heterocycles. The van der Waals surface area contributed by atoms with Crippen molar-refractivity contribution in [3.8, 4) is 0 Å². The van der Waals surface area contributed by atoms with Gasteiger partial charge in [-0.2, -0.15) is 9.90 Å². The van der Waals surface area contributed by atoms with E-state index in [1.165, 1.54) is 7.11 Å².